The van der Waals surface area contributed by atoms with Crippen molar-refractivity contribution in [2.24, 2.45) is 11.7 Å². The Balaban J connectivity index is 2.37. The number of ether oxygens (including phenoxy) is 1. The minimum Gasteiger partial charge on any atom is -0.491 e. The molecule has 0 fully saturated rings. The van der Waals surface area contributed by atoms with Gasteiger partial charge in [0, 0.05) is 25.2 Å². The summed E-state index contributed by atoms with van der Waals surface area (Å²) in [5.74, 6) is 1.41. The molecule has 0 radical (unpaired) electrons. The first-order valence-electron chi connectivity index (χ1n) is 7.34. The number of nitrogens with two attached hydrogens (primary N) is 1. The molecule has 0 aliphatic carbocycles. The zero-order chi connectivity index (χ0) is 15.0. The van der Waals surface area contributed by atoms with E-state index in [0.717, 1.165) is 24.3 Å². The third-order valence-electron chi connectivity index (χ3n) is 3.47. The van der Waals surface area contributed by atoms with Crippen LogP contribution in [-0.2, 0) is 6.54 Å². The van der Waals surface area contributed by atoms with Gasteiger partial charge in [-0.15, -0.1) is 0 Å². The maximum absolute atomic E-state index is 10.0. The molecular weight excluding hydrogens is 252 g/mol. The van der Waals surface area contributed by atoms with E-state index in [1.54, 1.807) is 0 Å². The molecule has 0 aromatic heterocycles. The maximum Gasteiger partial charge on any atom is 0.123 e. The minimum absolute atomic E-state index is 0.294. The molecular formula is C16H28N2O2. The first kappa shape index (κ1) is 17.0. The van der Waals surface area contributed by atoms with Gasteiger partial charge in [0.25, 0.3) is 0 Å². The lowest BCUT2D eigenvalue weighted by atomic mass is 10.1. The van der Waals surface area contributed by atoms with Crippen LogP contribution >= 0.6 is 0 Å². The fraction of sp³-hybridized carbons (Fsp3) is 0.625. The summed E-state index contributed by atoms with van der Waals surface area (Å²) < 4.78 is 5.67. The Morgan fingerprint density at radius 3 is 2.65 bits per heavy atom. The van der Waals surface area contributed by atoms with E-state index in [1.165, 1.54) is 0 Å². The molecule has 3 N–H and O–H groups in total. The zero-order valence-electron chi connectivity index (χ0n) is 12.9. The number of benzene rings is 1. The van der Waals surface area contributed by atoms with E-state index in [9.17, 15) is 5.11 Å². The van der Waals surface area contributed by atoms with Crippen molar-refractivity contribution in [1.29, 1.82) is 0 Å². The summed E-state index contributed by atoms with van der Waals surface area (Å²) in [4.78, 5) is 2.15. The van der Waals surface area contributed by atoms with Gasteiger partial charge in [-0.2, -0.15) is 0 Å². The van der Waals surface area contributed by atoms with Gasteiger partial charge in [0.05, 0.1) is 0 Å². The van der Waals surface area contributed by atoms with Gasteiger partial charge in [0.1, 0.15) is 18.5 Å². The molecule has 20 heavy (non-hydrogen) atoms. The lowest BCUT2D eigenvalue weighted by Crippen LogP contribution is -2.35. The largest absolute Gasteiger partial charge is 0.491 e. The Hall–Kier alpha value is -1.10. The molecule has 114 valence electrons. The standard InChI is InChI=1S/C16H28N2O2/c1-4-13(2)10-18(3)11-15(19)12-20-16-8-6-5-7-14(16)9-17/h5-8,13,15,19H,4,9-12,17H2,1-3H3. The second-order valence-corrected chi connectivity index (χ2v) is 5.51. The average Bonchev–Trinajstić information content (AvgIpc) is 2.45. The lowest BCUT2D eigenvalue weighted by molar-refractivity contribution is 0.0720. The van der Waals surface area contributed by atoms with Crippen molar-refractivity contribution in [1.82, 2.24) is 4.90 Å². The van der Waals surface area contributed by atoms with Gasteiger partial charge in [0.15, 0.2) is 0 Å². The predicted octanol–water partition coefficient (Wildman–Crippen LogP) is 1.86. The second kappa shape index (κ2) is 8.95. The Kier molecular flexibility index (Phi) is 7.59. The van der Waals surface area contributed by atoms with Crippen LogP contribution in [0, 0.1) is 5.92 Å². The SMILES string of the molecule is CCC(C)CN(C)CC(O)COc1ccccc1CN. The molecule has 4 nitrogen and oxygen atoms in total. The third kappa shape index (κ3) is 5.90. The molecule has 1 aromatic rings. The first-order valence-corrected chi connectivity index (χ1v) is 7.34. The monoisotopic (exact) mass is 280 g/mol. The molecule has 2 atom stereocenters. The van der Waals surface area contributed by atoms with Crippen molar-refractivity contribution in [2.75, 3.05) is 26.7 Å². The van der Waals surface area contributed by atoms with Crippen LogP contribution in [0.25, 0.3) is 0 Å². The van der Waals surface area contributed by atoms with Gasteiger partial charge in [-0.05, 0) is 19.0 Å². The molecule has 0 aliphatic heterocycles. The number of aliphatic hydroxyl groups excluding tert-OH is 1. The number of hydrogen-bond acceptors (Lipinski definition) is 4. The van der Waals surface area contributed by atoms with Crippen LogP contribution in [0.15, 0.2) is 24.3 Å². The number of para-hydroxylation sites is 1. The Morgan fingerprint density at radius 1 is 1.30 bits per heavy atom. The molecule has 0 saturated heterocycles. The summed E-state index contributed by atoms with van der Waals surface area (Å²) in [6.45, 7) is 6.75. The Bertz CT molecular complexity index is 384. The number of nitrogens with zero attached hydrogens (tertiary/aromatic N) is 1. The van der Waals surface area contributed by atoms with E-state index < -0.39 is 6.10 Å². The molecule has 1 aromatic carbocycles. The Morgan fingerprint density at radius 2 is 2.00 bits per heavy atom. The molecule has 0 saturated carbocycles. The van der Waals surface area contributed by atoms with E-state index in [2.05, 4.69) is 18.7 Å². The van der Waals surface area contributed by atoms with Crippen molar-refractivity contribution in [2.45, 2.75) is 32.9 Å². The molecule has 4 heteroatoms. The van der Waals surface area contributed by atoms with Gasteiger partial charge in [-0.25, -0.2) is 0 Å². The van der Waals surface area contributed by atoms with E-state index in [-0.39, 0.29) is 0 Å². The number of rotatable bonds is 9. The number of hydrogen-bond donors (Lipinski definition) is 2. The van der Waals surface area contributed by atoms with E-state index in [1.807, 2.05) is 31.3 Å². The third-order valence-corrected chi connectivity index (χ3v) is 3.47. The van der Waals surface area contributed by atoms with Crippen molar-refractivity contribution < 1.29 is 9.84 Å². The molecule has 0 heterocycles. The van der Waals surface area contributed by atoms with Crippen LogP contribution in [0.4, 0.5) is 0 Å². The van der Waals surface area contributed by atoms with Crippen molar-refractivity contribution in [3.63, 3.8) is 0 Å². The summed E-state index contributed by atoms with van der Waals surface area (Å²) in [6.07, 6.45) is 0.663. The molecule has 0 spiro atoms. The highest BCUT2D eigenvalue weighted by Crippen LogP contribution is 2.17. The number of likely N-dealkylation sites (N-methyl/N-ethyl adjacent to an activating group) is 1. The van der Waals surface area contributed by atoms with Crippen LogP contribution in [0.2, 0.25) is 0 Å². The summed E-state index contributed by atoms with van der Waals surface area (Å²) in [6, 6.07) is 7.68. The molecule has 0 bridgehead atoms. The smallest absolute Gasteiger partial charge is 0.123 e. The second-order valence-electron chi connectivity index (χ2n) is 5.51. The van der Waals surface area contributed by atoms with Crippen LogP contribution in [0.5, 0.6) is 5.75 Å². The predicted molar refractivity (Wildman–Crippen MR) is 82.8 cm³/mol. The topological polar surface area (TPSA) is 58.7 Å². The molecule has 0 aliphatic rings. The highest BCUT2D eigenvalue weighted by Gasteiger charge is 2.12. The summed E-state index contributed by atoms with van der Waals surface area (Å²) in [5.41, 5.74) is 6.62. The highest BCUT2D eigenvalue weighted by molar-refractivity contribution is 5.32. The fourth-order valence-corrected chi connectivity index (χ4v) is 2.15. The van der Waals surface area contributed by atoms with Crippen molar-refractivity contribution in [3.05, 3.63) is 29.8 Å². The summed E-state index contributed by atoms with van der Waals surface area (Å²) in [7, 11) is 2.03. The van der Waals surface area contributed by atoms with Crippen LogP contribution in [0.3, 0.4) is 0 Å². The van der Waals surface area contributed by atoms with Crippen LogP contribution < -0.4 is 10.5 Å². The normalized spacial score (nSPS) is 14.3. The van der Waals surface area contributed by atoms with Gasteiger partial charge in [-0.1, -0.05) is 38.5 Å². The van der Waals surface area contributed by atoms with E-state index in [4.69, 9.17) is 10.5 Å². The van der Waals surface area contributed by atoms with E-state index in [0.29, 0.717) is 25.6 Å². The van der Waals surface area contributed by atoms with E-state index >= 15 is 0 Å². The highest BCUT2D eigenvalue weighted by atomic mass is 16.5. The summed E-state index contributed by atoms with van der Waals surface area (Å²) >= 11 is 0. The molecule has 0 amide bonds. The quantitative estimate of drug-likeness (QED) is 0.725. The van der Waals surface area contributed by atoms with Gasteiger partial charge < -0.3 is 20.5 Å². The van der Waals surface area contributed by atoms with Gasteiger partial charge in [-0.3, -0.25) is 0 Å². The fourth-order valence-electron chi connectivity index (χ4n) is 2.15. The maximum atomic E-state index is 10.0. The van der Waals surface area contributed by atoms with Gasteiger partial charge in [0.2, 0.25) is 0 Å². The Labute approximate surface area is 122 Å². The average molecular weight is 280 g/mol. The van der Waals surface area contributed by atoms with Crippen LogP contribution in [0.1, 0.15) is 25.8 Å². The van der Waals surface area contributed by atoms with Crippen molar-refractivity contribution in [3.8, 4) is 5.75 Å². The minimum atomic E-state index is -0.491. The molecule has 1 rings (SSSR count). The zero-order valence-corrected chi connectivity index (χ0v) is 12.9. The summed E-state index contributed by atoms with van der Waals surface area (Å²) in [5, 5.41) is 10.0. The first-order chi connectivity index (χ1) is 9.56. The lowest BCUT2D eigenvalue weighted by Gasteiger charge is -2.23. The van der Waals surface area contributed by atoms with Crippen LogP contribution in [-0.4, -0.2) is 42.9 Å². The number of aliphatic hydroxyl groups is 1. The molecule has 2 unspecified atom stereocenters. The van der Waals surface area contributed by atoms with Gasteiger partial charge >= 0.3 is 0 Å². The van der Waals surface area contributed by atoms with Crippen molar-refractivity contribution >= 4 is 0 Å².